The Morgan fingerprint density at radius 2 is 1.71 bits per heavy atom. The van der Waals surface area contributed by atoms with Gasteiger partial charge in [0.25, 0.3) is 0 Å². The molecule has 2 aromatic carbocycles. The van der Waals surface area contributed by atoms with Crippen molar-refractivity contribution in [3.63, 3.8) is 0 Å². The number of pyridine rings is 2. The fourth-order valence-electron chi connectivity index (χ4n) is 4.73. The highest BCUT2D eigenvalue weighted by Gasteiger charge is 2.19. The van der Waals surface area contributed by atoms with E-state index in [1.54, 1.807) is 0 Å². The second kappa shape index (κ2) is 6.16. The van der Waals surface area contributed by atoms with Gasteiger partial charge in [-0.2, -0.15) is 0 Å². The molecule has 1 aliphatic carbocycles. The first kappa shape index (κ1) is 15.8. The number of fused-ring (bicyclic) bond motifs is 5. The van der Waals surface area contributed by atoms with Crippen LogP contribution in [0.4, 0.5) is 0 Å². The number of para-hydroxylation sites is 1. The van der Waals surface area contributed by atoms with E-state index in [0.717, 1.165) is 33.0 Å². The van der Waals surface area contributed by atoms with Crippen LogP contribution in [0.5, 0.6) is 0 Å². The maximum Gasteiger partial charge on any atom is 0.227 e. The first-order valence-corrected chi connectivity index (χ1v) is 10.0. The molecule has 1 aliphatic rings. The fourth-order valence-corrected chi connectivity index (χ4v) is 4.73. The van der Waals surface area contributed by atoms with E-state index in [0.29, 0.717) is 11.6 Å². The number of benzene rings is 2. The van der Waals surface area contributed by atoms with E-state index in [9.17, 15) is 0 Å². The summed E-state index contributed by atoms with van der Waals surface area (Å²) in [4.78, 5) is 9.26. The molecule has 3 heteroatoms. The van der Waals surface area contributed by atoms with Crippen molar-refractivity contribution >= 4 is 32.8 Å². The van der Waals surface area contributed by atoms with Crippen molar-refractivity contribution < 1.29 is 4.42 Å². The largest absolute Gasteiger partial charge is 0.437 e. The highest BCUT2D eigenvalue weighted by Crippen LogP contribution is 2.39. The Hall–Kier alpha value is -3.20. The average molecular weight is 364 g/mol. The van der Waals surface area contributed by atoms with Gasteiger partial charge < -0.3 is 4.42 Å². The van der Waals surface area contributed by atoms with E-state index in [-0.39, 0.29) is 0 Å². The predicted molar refractivity (Wildman–Crippen MR) is 113 cm³/mol. The minimum Gasteiger partial charge on any atom is -0.437 e. The van der Waals surface area contributed by atoms with E-state index in [1.165, 1.54) is 36.6 Å². The minimum atomic E-state index is 0.669. The second-order valence-corrected chi connectivity index (χ2v) is 7.77. The van der Waals surface area contributed by atoms with Crippen molar-refractivity contribution in [3.8, 4) is 11.3 Å². The minimum absolute atomic E-state index is 0.669. The molecule has 1 fully saturated rings. The molecular formula is C25H20N2O. The molecule has 3 heterocycles. The molecule has 136 valence electrons. The van der Waals surface area contributed by atoms with Gasteiger partial charge in [-0.1, -0.05) is 49.2 Å². The zero-order valence-corrected chi connectivity index (χ0v) is 15.6. The maximum absolute atomic E-state index is 6.26. The standard InChI is InChI=1S/C25H20N2O/c1-2-7-16(6-1)17-12-13-26-22(14-17)20-10-5-11-21-23-19-9-4-3-8-18(19)15-27-25(23)28-24(20)21/h3-5,8-16H,1-2,6-7H2. The lowest BCUT2D eigenvalue weighted by Gasteiger charge is -2.11. The summed E-state index contributed by atoms with van der Waals surface area (Å²) in [5, 5.41) is 4.49. The first-order chi connectivity index (χ1) is 13.9. The fraction of sp³-hybridized carbons (Fsp3) is 0.200. The molecule has 28 heavy (non-hydrogen) atoms. The van der Waals surface area contributed by atoms with Crippen molar-refractivity contribution in [1.29, 1.82) is 0 Å². The van der Waals surface area contributed by atoms with Crippen LogP contribution in [-0.2, 0) is 0 Å². The molecule has 0 atom stereocenters. The summed E-state index contributed by atoms with van der Waals surface area (Å²) in [5.74, 6) is 0.669. The maximum atomic E-state index is 6.26. The lowest BCUT2D eigenvalue weighted by molar-refractivity contribution is 0.655. The Morgan fingerprint density at radius 1 is 0.857 bits per heavy atom. The molecule has 5 aromatic rings. The summed E-state index contributed by atoms with van der Waals surface area (Å²) >= 11 is 0. The molecule has 0 amide bonds. The monoisotopic (exact) mass is 364 g/mol. The molecule has 6 rings (SSSR count). The SMILES string of the molecule is c1ccc2c(c1)cnc1oc3c(-c4cc(C5CCCC5)ccn4)cccc3c12. The van der Waals surface area contributed by atoms with E-state index < -0.39 is 0 Å². The number of furan rings is 1. The summed E-state index contributed by atoms with van der Waals surface area (Å²) in [6, 6.07) is 19.1. The number of hydrogen-bond donors (Lipinski definition) is 0. The smallest absolute Gasteiger partial charge is 0.227 e. The van der Waals surface area contributed by atoms with Gasteiger partial charge in [-0.05, 0) is 47.9 Å². The number of rotatable bonds is 2. The van der Waals surface area contributed by atoms with Crippen LogP contribution in [0.1, 0.15) is 37.2 Å². The molecule has 0 spiro atoms. The molecule has 0 bridgehead atoms. The molecular weight excluding hydrogens is 344 g/mol. The highest BCUT2D eigenvalue weighted by atomic mass is 16.3. The van der Waals surface area contributed by atoms with Gasteiger partial charge in [0.15, 0.2) is 0 Å². The summed E-state index contributed by atoms with van der Waals surface area (Å²) in [6.45, 7) is 0. The van der Waals surface area contributed by atoms with Crippen LogP contribution in [0.25, 0.3) is 44.1 Å². The Balaban J connectivity index is 1.60. The second-order valence-electron chi connectivity index (χ2n) is 7.77. The third-order valence-electron chi connectivity index (χ3n) is 6.13. The van der Waals surface area contributed by atoms with Crippen molar-refractivity contribution in [1.82, 2.24) is 9.97 Å². The third-order valence-corrected chi connectivity index (χ3v) is 6.13. The van der Waals surface area contributed by atoms with Gasteiger partial charge in [-0.25, -0.2) is 4.98 Å². The van der Waals surface area contributed by atoms with Gasteiger partial charge in [-0.15, -0.1) is 0 Å². The first-order valence-electron chi connectivity index (χ1n) is 10.0. The molecule has 3 aromatic heterocycles. The van der Waals surface area contributed by atoms with Crippen LogP contribution in [0.15, 0.2) is 71.4 Å². The summed E-state index contributed by atoms with van der Waals surface area (Å²) in [7, 11) is 0. The molecule has 3 nitrogen and oxygen atoms in total. The lowest BCUT2D eigenvalue weighted by atomic mass is 9.96. The van der Waals surface area contributed by atoms with Gasteiger partial charge in [0.2, 0.25) is 5.71 Å². The van der Waals surface area contributed by atoms with E-state index in [2.05, 4.69) is 58.5 Å². The molecule has 0 N–H and O–H groups in total. The Labute approximate surface area is 163 Å². The van der Waals surface area contributed by atoms with Gasteiger partial charge in [0.05, 0.1) is 11.1 Å². The van der Waals surface area contributed by atoms with Gasteiger partial charge >= 0.3 is 0 Å². The Kier molecular flexibility index (Phi) is 3.48. The third kappa shape index (κ3) is 2.36. The molecule has 0 unspecified atom stereocenters. The Bertz CT molecular complexity index is 1330. The lowest BCUT2D eigenvalue weighted by Crippen LogP contribution is -1.94. The van der Waals surface area contributed by atoms with Crippen LogP contribution in [-0.4, -0.2) is 9.97 Å². The zero-order valence-electron chi connectivity index (χ0n) is 15.6. The van der Waals surface area contributed by atoms with Crippen molar-refractivity contribution in [2.75, 3.05) is 0 Å². The summed E-state index contributed by atoms with van der Waals surface area (Å²) < 4.78 is 6.26. The molecule has 1 saturated carbocycles. The summed E-state index contributed by atoms with van der Waals surface area (Å²) in [6.07, 6.45) is 9.07. The van der Waals surface area contributed by atoms with Crippen LogP contribution in [0.3, 0.4) is 0 Å². The quantitative estimate of drug-likeness (QED) is 0.344. The predicted octanol–water partition coefficient (Wildman–Crippen LogP) is 6.85. The molecule has 0 aliphatic heterocycles. The van der Waals surface area contributed by atoms with E-state index in [1.807, 2.05) is 18.5 Å². The van der Waals surface area contributed by atoms with E-state index in [4.69, 9.17) is 4.42 Å². The van der Waals surface area contributed by atoms with Gasteiger partial charge in [0, 0.05) is 28.7 Å². The van der Waals surface area contributed by atoms with Gasteiger partial charge in [-0.3, -0.25) is 4.98 Å². The average Bonchev–Trinajstić information content (AvgIpc) is 3.41. The van der Waals surface area contributed by atoms with Crippen molar-refractivity contribution in [3.05, 3.63) is 72.6 Å². The van der Waals surface area contributed by atoms with E-state index >= 15 is 0 Å². The molecule has 0 radical (unpaired) electrons. The van der Waals surface area contributed by atoms with Crippen molar-refractivity contribution in [2.24, 2.45) is 0 Å². The number of aromatic nitrogens is 2. The van der Waals surface area contributed by atoms with Crippen LogP contribution >= 0.6 is 0 Å². The normalized spacial score (nSPS) is 15.1. The summed E-state index contributed by atoms with van der Waals surface area (Å²) in [5.41, 5.74) is 4.99. The van der Waals surface area contributed by atoms with Crippen LogP contribution in [0, 0.1) is 0 Å². The van der Waals surface area contributed by atoms with Gasteiger partial charge in [0.1, 0.15) is 5.58 Å². The van der Waals surface area contributed by atoms with Crippen LogP contribution < -0.4 is 0 Å². The number of nitrogens with zero attached hydrogens (tertiary/aromatic N) is 2. The molecule has 0 saturated heterocycles. The topological polar surface area (TPSA) is 38.9 Å². The number of hydrogen-bond acceptors (Lipinski definition) is 3. The highest BCUT2D eigenvalue weighted by molar-refractivity contribution is 6.19. The van der Waals surface area contributed by atoms with Crippen LogP contribution in [0.2, 0.25) is 0 Å². The van der Waals surface area contributed by atoms with Crippen molar-refractivity contribution in [2.45, 2.75) is 31.6 Å². The Morgan fingerprint density at radius 3 is 2.64 bits per heavy atom. The zero-order chi connectivity index (χ0) is 18.5.